The molecule has 7 rings (SSSR count). The maximum atomic E-state index is 13.6. The first kappa shape index (κ1) is 30.0. The number of ether oxygens (including phenoxy) is 2. The molecule has 0 amide bonds. The number of benzene rings is 5. The number of nitrogens with zero attached hydrogens (tertiary/aromatic N) is 2. The fraction of sp³-hybridized carbons (Fsp3) is 0.225. The number of carbonyl (C=O) groups is 1. The summed E-state index contributed by atoms with van der Waals surface area (Å²) >= 11 is 1.77. The van der Waals surface area contributed by atoms with Gasteiger partial charge in [0.25, 0.3) is 0 Å². The van der Waals surface area contributed by atoms with E-state index in [-0.39, 0.29) is 5.97 Å². The number of esters is 1. The molecule has 232 valence electrons. The molecule has 0 saturated heterocycles. The Morgan fingerprint density at radius 2 is 1.28 bits per heavy atom. The molecule has 1 spiro atoms. The van der Waals surface area contributed by atoms with E-state index in [0.29, 0.717) is 17.1 Å². The highest BCUT2D eigenvalue weighted by molar-refractivity contribution is 7.99. The average molecular weight is 627 g/mol. The lowest BCUT2D eigenvalue weighted by atomic mass is 9.77. The van der Waals surface area contributed by atoms with Crippen molar-refractivity contribution in [3.8, 4) is 11.5 Å². The number of carbonyl (C=O) groups excluding carboxylic acids is 1. The topological polar surface area (TPSA) is 42.0 Å². The summed E-state index contributed by atoms with van der Waals surface area (Å²) < 4.78 is 13.4. The number of thioether (sulfide) groups is 1. The SMILES string of the molecule is CCSc1cc2c(cc1N(c1ccc(C)cc1)c1ccc(C)cc1)C1(OC(=O)c3ccccc31)c1ccc(N(CC)CC)cc1O2. The zero-order valence-electron chi connectivity index (χ0n) is 27.0. The summed E-state index contributed by atoms with van der Waals surface area (Å²) in [5.74, 6) is 1.95. The average Bonchev–Trinajstić information content (AvgIpc) is 3.36. The predicted molar refractivity (Wildman–Crippen MR) is 189 cm³/mol. The van der Waals surface area contributed by atoms with Crippen LogP contribution in [0.3, 0.4) is 0 Å². The van der Waals surface area contributed by atoms with Crippen molar-refractivity contribution in [2.24, 2.45) is 0 Å². The molecule has 5 aromatic rings. The zero-order valence-corrected chi connectivity index (χ0v) is 27.8. The molecule has 0 radical (unpaired) electrons. The molecule has 2 aliphatic heterocycles. The Hall–Kier alpha value is -4.68. The molecule has 2 heterocycles. The Bertz CT molecular complexity index is 1890. The van der Waals surface area contributed by atoms with Gasteiger partial charge in [-0.2, -0.15) is 0 Å². The van der Waals surface area contributed by atoms with Crippen LogP contribution in [0.4, 0.5) is 22.7 Å². The van der Waals surface area contributed by atoms with Crippen molar-refractivity contribution in [1.29, 1.82) is 0 Å². The fourth-order valence-corrected chi connectivity index (χ4v) is 7.52. The summed E-state index contributed by atoms with van der Waals surface area (Å²) in [7, 11) is 0. The van der Waals surface area contributed by atoms with Gasteiger partial charge in [-0.3, -0.25) is 0 Å². The van der Waals surface area contributed by atoms with Crippen molar-refractivity contribution in [3.05, 3.63) is 137 Å². The lowest BCUT2D eigenvalue weighted by Crippen LogP contribution is -2.33. The van der Waals surface area contributed by atoms with E-state index in [1.807, 2.05) is 24.3 Å². The van der Waals surface area contributed by atoms with Gasteiger partial charge in [-0.05, 0) is 88.0 Å². The maximum absolute atomic E-state index is 13.6. The lowest BCUT2D eigenvalue weighted by Gasteiger charge is -2.38. The summed E-state index contributed by atoms with van der Waals surface area (Å²) in [5, 5.41) is 0. The van der Waals surface area contributed by atoms with E-state index in [1.165, 1.54) is 11.1 Å². The van der Waals surface area contributed by atoms with Gasteiger partial charge in [0, 0.05) is 57.8 Å². The molecular formula is C40H38N2O3S. The number of aryl methyl sites for hydroxylation is 2. The van der Waals surface area contributed by atoms with Crippen molar-refractivity contribution >= 4 is 40.5 Å². The molecule has 1 unspecified atom stereocenters. The largest absolute Gasteiger partial charge is 0.456 e. The molecule has 0 bridgehead atoms. The summed E-state index contributed by atoms with van der Waals surface area (Å²) in [6, 6.07) is 35.6. The van der Waals surface area contributed by atoms with Gasteiger partial charge in [0.15, 0.2) is 5.60 Å². The third-order valence-corrected chi connectivity index (χ3v) is 9.96. The second kappa shape index (κ2) is 11.9. The number of fused-ring (bicyclic) bond motifs is 6. The maximum Gasteiger partial charge on any atom is 0.340 e. The monoisotopic (exact) mass is 626 g/mol. The van der Waals surface area contributed by atoms with Gasteiger partial charge >= 0.3 is 5.97 Å². The van der Waals surface area contributed by atoms with Crippen LogP contribution in [0.1, 0.15) is 58.9 Å². The van der Waals surface area contributed by atoms with Crippen LogP contribution in [0.5, 0.6) is 11.5 Å². The second-order valence-electron chi connectivity index (χ2n) is 11.8. The Morgan fingerprint density at radius 1 is 0.674 bits per heavy atom. The van der Waals surface area contributed by atoms with Gasteiger partial charge in [-0.1, -0.05) is 60.5 Å². The standard InChI is InChI=1S/C40H38N2O3S/c1-6-41(7-2)30-21-22-33-36(23-30)44-37-25-38(46-8-3)35(24-34(37)40(33)32-12-10-9-11-31(32)39(43)45-40)42(28-17-13-26(4)14-18-28)29-19-15-27(5)16-20-29/h9-25H,6-8H2,1-5H3. The molecule has 0 aromatic heterocycles. The van der Waals surface area contributed by atoms with E-state index in [0.717, 1.165) is 63.2 Å². The van der Waals surface area contributed by atoms with E-state index < -0.39 is 5.60 Å². The zero-order chi connectivity index (χ0) is 32.0. The Morgan fingerprint density at radius 3 is 1.91 bits per heavy atom. The highest BCUT2D eigenvalue weighted by Gasteiger charge is 2.54. The van der Waals surface area contributed by atoms with Gasteiger partial charge in [0.05, 0.1) is 11.3 Å². The number of hydrogen-bond acceptors (Lipinski definition) is 6. The fourth-order valence-electron chi connectivity index (χ4n) is 6.72. The summed E-state index contributed by atoms with van der Waals surface area (Å²) in [6.45, 7) is 12.4. The van der Waals surface area contributed by atoms with Crippen LogP contribution in [-0.2, 0) is 10.3 Å². The van der Waals surface area contributed by atoms with E-state index in [9.17, 15) is 4.79 Å². The van der Waals surface area contributed by atoms with E-state index in [1.54, 1.807) is 11.8 Å². The highest BCUT2D eigenvalue weighted by atomic mass is 32.2. The van der Waals surface area contributed by atoms with Gasteiger partial charge in [-0.25, -0.2) is 4.79 Å². The first-order valence-electron chi connectivity index (χ1n) is 16.0. The molecule has 0 fully saturated rings. The smallest absolute Gasteiger partial charge is 0.340 e. The Balaban J connectivity index is 1.52. The van der Waals surface area contributed by atoms with Gasteiger partial charge in [-0.15, -0.1) is 11.8 Å². The van der Waals surface area contributed by atoms with Crippen molar-refractivity contribution in [2.75, 3.05) is 28.6 Å². The van der Waals surface area contributed by atoms with E-state index in [2.05, 4.69) is 123 Å². The molecule has 6 heteroatoms. The van der Waals surface area contributed by atoms with Crippen molar-refractivity contribution in [1.82, 2.24) is 0 Å². The van der Waals surface area contributed by atoms with Crippen LogP contribution in [0.2, 0.25) is 0 Å². The highest BCUT2D eigenvalue weighted by Crippen LogP contribution is 2.59. The van der Waals surface area contributed by atoms with Crippen LogP contribution in [-0.4, -0.2) is 24.8 Å². The van der Waals surface area contributed by atoms with Gasteiger partial charge in [0.1, 0.15) is 11.5 Å². The van der Waals surface area contributed by atoms with Crippen molar-refractivity contribution < 1.29 is 14.3 Å². The third kappa shape index (κ3) is 4.83. The third-order valence-electron chi connectivity index (χ3n) is 9.03. The first-order chi connectivity index (χ1) is 22.4. The normalized spacial score (nSPS) is 15.9. The number of rotatable bonds is 8. The van der Waals surface area contributed by atoms with Crippen LogP contribution in [0.25, 0.3) is 0 Å². The first-order valence-corrected chi connectivity index (χ1v) is 17.0. The summed E-state index contributed by atoms with van der Waals surface area (Å²) in [4.78, 5) is 19.3. The predicted octanol–water partition coefficient (Wildman–Crippen LogP) is 10.3. The Kier molecular flexibility index (Phi) is 7.77. The van der Waals surface area contributed by atoms with E-state index >= 15 is 0 Å². The van der Waals surface area contributed by atoms with Gasteiger partial charge < -0.3 is 19.3 Å². The molecule has 1 atom stereocenters. The molecule has 46 heavy (non-hydrogen) atoms. The summed E-state index contributed by atoms with van der Waals surface area (Å²) in [6.07, 6.45) is 0. The van der Waals surface area contributed by atoms with Crippen LogP contribution in [0.15, 0.2) is 108 Å². The molecule has 2 aliphatic rings. The van der Waals surface area contributed by atoms with Crippen molar-refractivity contribution in [3.63, 3.8) is 0 Å². The molecule has 0 saturated carbocycles. The minimum Gasteiger partial charge on any atom is -0.456 e. The molecular weight excluding hydrogens is 589 g/mol. The second-order valence-corrected chi connectivity index (χ2v) is 13.1. The molecule has 0 aliphatic carbocycles. The van der Waals surface area contributed by atoms with Crippen molar-refractivity contribution in [2.45, 2.75) is 45.1 Å². The molecule has 5 nitrogen and oxygen atoms in total. The summed E-state index contributed by atoms with van der Waals surface area (Å²) in [5.41, 5.74) is 8.47. The Labute approximate surface area is 275 Å². The van der Waals surface area contributed by atoms with Crippen LogP contribution >= 0.6 is 11.8 Å². The minimum absolute atomic E-state index is 0.329. The van der Waals surface area contributed by atoms with Crippen LogP contribution in [0, 0.1) is 13.8 Å². The quantitative estimate of drug-likeness (QED) is 0.126. The van der Waals surface area contributed by atoms with E-state index in [4.69, 9.17) is 9.47 Å². The number of anilines is 4. The van der Waals surface area contributed by atoms with Crippen LogP contribution < -0.4 is 14.5 Å². The molecule has 5 aromatic carbocycles. The molecule has 0 N–H and O–H groups in total. The number of hydrogen-bond donors (Lipinski definition) is 0. The lowest BCUT2D eigenvalue weighted by molar-refractivity contribution is 0.0224. The van der Waals surface area contributed by atoms with Gasteiger partial charge in [0.2, 0.25) is 0 Å². The minimum atomic E-state index is -1.16.